The van der Waals surface area contributed by atoms with Crippen molar-refractivity contribution in [3.05, 3.63) is 0 Å². The van der Waals surface area contributed by atoms with Gasteiger partial charge < -0.3 is 114 Å². The van der Waals surface area contributed by atoms with Gasteiger partial charge in [-0.05, 0) is 12.8 Å². The summed E-state index contributed by atoms with van der Waals surface area (Å²) >= 11 is 0. The lowest BCUT2D eigenvalue weighted by Gasteiger charge is -2.49. The second-order valence-corrected chi connectivity index (χ2v) is 26.5. The van der Waals surface area contributed by atoms with Gasteiger partial charge in [0.15, 0.2) is 25.0 Å². The molecule has 0 amide bonds. The first-order valence-corrected chi connectivity index (χ1v) is 35.4. The fourth-order valence-electron chi connectivity index (χ4n) is 11.7. The number of rotatable bonds is 48. The van der Waals surface area contributed by atoms with E-state index in [9.17, 15) is 90.5 Å². The number of phosphoric acid groups is 1. The minimum absolute atomic E-state index is 0.0249. The Labute approximate surface area is 536 Å². The summed E-state index contributed by atoms with van der Waals surface area (Å²) in [5, 5.41) is 150. The molecule has 29 heteroatoms. The van der Waals surface area contributed by atoms with Crippen molar-refractivity contribution in [2.24, 2.45) is 0 Å². The first kappa shape index (κ1) is 81.7. The molecule has 0 aromatic rings. The van der Waals surface area contributed by atoms with Crippen molar-refractivity contribution in [3.63, 3.8) is 0 Å². The zero-order valence-corrected chi connectivity index (χ0v) is 54.5. The number of unbranched alkanes of at least 4 members (excludes halogenated alkanes) is 27. The highest BCUT2D eigenvalue weighted by Crippen LogP contribution is 2.49. The summed E-state index contributed by atoms with van der Waals surface area (Å²) in [6.07, 6.45) is -13.5. The van der Waals surface area contributed by atoms with Crippen molar-refractivity contribution in [2.75, 3.05) is 33.0 Å². The predicted octanol–water partition coefficient (Wildman–Crippen LogP) is 2.37. The van der Waals surface area contributed by atoms with Crippen LogP contribution in [-0.4, -0.2) is 256 Å². The lowest BCUT2D eigenvalue weighted by atomic mass is 9.84. The largest absolute Gasteiger partial charge is 0.472 e. The summed E-state index contributed by atoms with van der Waals surface area (Å²) in [6.45, 7) is 0.0913. The Morgan fingerprint density at radius 2 is 0.725 bits per heavy atom. The summed E-state index contributed by atoms with van der Waals surface area (Å²) in [6, 6.07) is 0. The zero-order valence-electron chi connectivity index (χ0n) is 53.6. The van der Waals surface area contributed by atoms with Gasteiger partial charge in [-0.3, -0.25) is 18.6 Å². The Kier molecular flexibility index (Phi) is 40.3. The van der Waals surface area contributed by atoms with Gasteiger partial charge >= 0.3 is 19.8 Å². The molecule has 91 heavy (non-hydrogen) atoms. The average Bonchev–Trinajstić information content (AvgIpc) is 1.38. The second-order valence-electron chi connectivity index (χ2n) is 25.1. The van der Waals surface area contributed by atoms with Crippen LogP contribution in [0, 0.1) is 0 Å². The van der Waals surface area contributed by atoms with Gasteiger partial charge in [0.2, 0.25) is 0 Å². The van der Waals surface area contributed by atoms with E-state index in [1.165, 1.54) is 109 Å². The number of aliphatic hydroxyl groups excluding tert-OH is 14. The highest BCUT2D eigenvalue weighted by molar-refractivity contribution is 7.47. The van der Waals surface area contributed by atoms with Crippen molar-refractivity contribution in [3.8, 4) is 0 Å². The molecule has 1 aliphatic carbocycles. The number of aliphatic hydroxyl groups is 14. The van der Waals surface area contributed by atoms with Crippen molar-refractivity contribution in [1.82, 2.24) is 0 Å². The summed E-state index contributed by atoms with van der Waals surface area (Å²) in [7, 11) is -5.75. The first-order valence-electron chi connectivity index (χ1n) is 33.9. The zero-order chi connectivity index (χ0) is 66.9. The number of hydrogen-bond acceptors (Lipinski definition) is 27. The van der Waals surface area contributed by atoms with Crippen LogP contribution in [-0.2, 0) is 61.1 Å². The van der Waals surface area contributed by atoms with E-state index >= 15 is 0 Å². The van der Waals surface area contributed by atoms with Crippen LogP contribution in [0.1, 0.15) is 213 Å². The van der Waals surface area contributed by atoms with Crippen LogP contribution in [0.3, 0.4) is 0 Å². The van der Waals surface area contributed by atoms with E-state index in [2.05, 4.69) is 13.8 Å². The van der Waals surface area contributed by atoms with Crippen LogP contribution in [0.25, 0.3) is 0 Å². The van der Waals surface area contributed by atoms with E-state index in [-0.39, 0.29) is 12.8 Å². The molecule has 28 nitrogen and oxygen atoms in total. The van der Waals surface area contributed by atoms with Crippen LogP contribution >= 0.6 is 7.82 Å². The summed E-state index contributed by atoms with van der Waals surface area (Å²) in [5.41, 5.74) is 0. The fraction of sp³-hybridized carbons (Fsp3) is 0.968. The Morgan fingerprint density at radius 3 is 1.12 bits per heavy atom. The molecule has 4 fully saturated rings. The predicted molar refractivity (Wildman–Crippen MR) is 324 cm³/mol. The van der Waals surface area contributed by atoms with Gasteiger partial charge in [0, 0.05) is 12.8 Å². The van der Waals surface area contributed by atoms with Gasteiger partial charge in [-0.1, -0.05) is 187 Å². The van der Waals surface area contributed by atoms with E-state index in [1.807, 2.05) is 0 Å². The Balaban J connectivity index is 1.47. The van der Waals surface area contributed by atoms with Gasteiger partial charge in [-0.15, -0.1) is 0 Å². The quantitative estimate of drug-likeness (QED) is 0.0236. The van der Waals surface area contributed by atoms with E-state index < -0.39 is 188 Å². The molecule has 3 aliphatic heterocycles. The van der Waals surface area contributed by atoms with Crippen LogP contribution in [0.2, 0.25) is 0 Å². The topological polar surface area (TPSA) is 447 Å². The third kappa shape index (κ3) is 28.3. The summed E-state index contributed by atoms with van der Waals surface area (Å²) in [4.78, 5) is 38.0. The molecule has 3 heterocycles. The average molecular weight is 1340 g/mol. The van der Waals surface area contributed by atoms with Crippen LogP contribution < -0.4 is 0 Å². The van der Waals surface area contributed by atoms with Crippen molar-refractivity contribution >= 4 is 19.8 Å². The molecule has 3 saturated heterocycles. The SMILES string of the molecule is CCCCCCCCCCCCCCCCCC(=O)O[C@H](COC(=O)CCCCCCCCCCCCCCCC)COP(=O)(O)O[C@@H]1C(O[C@@H]2OC(CO[C@@H]3OC(CO)[C@H](O)C(O)[C@@H]3O)[C@H](O)C(O)[C@@H]2O)C(O)[C@@H](O)C(O)[C@H]1O[C@H]1OC(CO)[C@@H](O)C(O)[C@H]1O. The van der Waals surface area contributed by atoms with Gasteiger partial charge in [0.25, 0.3) is 0 Å². The lowest BCUT2D eigenvalue weighted by Crippen LogP contribution is -2.69. The number of carbonyl (C=O) groups is 2. The number of esters is 2. The Bertz CT molecular complexity index is 1960. The molecular weight excluding hydrogens is 1220 g/mol. The molecule has 0 spiro atoms. The Morgan fingerprint density at radius 1 is 0.396 bits per heavy atom. The van der Waals surface area contributed by atoms with Gasteiger partial charge in [-0.2, -0.15) is 0 Å². The molecule has 0 aromatic heterocycles. The standard InChI is InChI=1S/C62H115O28P/c1-3-5-7-9-11-13-15-17-19-21-23-25-27-29-31-33-44(66)84-39(36-81-43(65)32-30-28-26-24-22-20-18-16-14-12-10-8-6-4-2)37-83-91(79,80)90-59-57(88-61-55(77)49(71)46(68)41(35-64)86-61)52(74)51(73)53(75)58(59)89-62-56(78)50(72)47(69)42(87-62)38-82-60-54(76)48(70)45(67)40(34-63)85-60/h39-42,45-64,67-78H,3-38H2,1-2H3,(H,79,80)/t39-,40?,41?,42?,45+,46-,47+,48?,49?,50?,51+,52?,53?,54+,55-,56+,57-,58?,59+,60-,61-,62+/m1/s1. The molecule has 0 bridgehead atoms. The molecule has 1 saturated carbocycles. The third-order valence-corrected chi connectivity index (χ3v) is 18.5. The fourth-order valence-corrected chi connectivity index (χ4v) is 12.7. The monoisotopic (exact) mass is 1340 g/mol. The molecule has 536 valence electrons. The van der Waals surface area contributed by atoms with Crippen molar-refractivity contribution in [1.29, 1.82) is 0 Å². The number of carbonyl (C=O) groups excluding carboxylic acids is 2. The van der Waals surface area contributed by atoms with Crippen molar-refractivity contribution < 1.29 is 137 Å². The molecule has 10 unspecified atom stereocenters. The maximum absolute atomic E-state index is 14.3. The van der Waals surface area contributed by atoms with Crippen molar-refractivity contribution in [2.45, 2.75) is 348 Å². The van der Waals surface area contributed by atoms with Crippen LogP contribution in [0.4, 0.5) is 0 Å². The maximum Gasteiger partial charge on any atom is 0.472 e. The number of phosphoric ester groups is 1. The number of ether oxygens (including phenoxy) is 8. The molecule has 23 atom stereocenters. The van der Waals surface area contributed by atoms with Gasteiger partial charge in [-0.25, -0.2) is 4.57 Å². The highest BCUT2D eigenvalue weighted by atomic mass is 31.2. The normalized spacial score (nSPS) is 34.0. The minimum atomic E-state index is -5.75. The van der Waals surface area contributed by atoms with Gasteiger partial charge in [0.05, 0.1) is 26.4 Å². The summed E-state index contributed by atoms with van der Waals surface area (Å²) in [5.74, 6) is -1.39. The third-order valence-electron chi connectivity index (χ3n) is 17.5. The Hall–Kier alpha value is -1.75. The van der Waals surface area contributed by atoms with Gasteiger partial charge in [0.1, 0.15) is 116 Å². The highest BCUT2D eigenvalue weighted by Gasteiger charge is 2.58. The summed E-state index contributed by atoms with van der Waals surface area (Å²) < 4.78 is 69.9. The van der Waals surface area contributed by atoms with E-state index in [0.717, 1.165) is 57.8 Å². The van der Waals surface area contributed by atoms with E-state index in [0.29, 0.717) is 19.3 Å². The molecule has 4 rings (SSSR count). The smallest absolute Gasteiger partial charge is 0.462 e. The van der Waals surface area contributed by atoms with E-state index in [4.69, 9.17) is 46.9 Å². The lowest BCUT2D eigenvalue weighted by molar-refractivity contribution is -0.364. The molecule has 4 aliphatic rings. The molecule has 15 N–H and O–H groups in total. The molecule has 0 radical (unpaired) electrons. The van der Waals surface area contributed by atoms with E-state index in [1.54, 1.807) is 0 Å². The number of hydrogen-bond donors (Lipinski definition) is 15. The van der Waals surface area contributed by atoms with Crippen LogP contribution in [0.5, 0.6) is 0 Å². The minimum Gasteiger partial charge on any atom is -0.462 e. The molecular formula is C62H115O28P. The van der Waals surface area contributed by atoms with Crippen LogP contribution in [0.15, 0.2) is 0 Å². The first-order chi connectivity index (χ1) is 43.6. The maximum atomic E-state index is 14.3. The second kappa shape index (κ2) is 45.0. The molecule has 0 aromatic carbocycles.